The number of hydrogen-bond donors (Lipinski definition) is 1. The van der Waals surface area contributed by atoms with E-state index < -0.39 is 0 Å². The monoisotopic (exact) mass is 216 g/mol. The summed E-state index contributed by atoms with van der Waals surface area (Å²) in [6, 6.07) is 8.96. The second-order valence-corrected chi connectivity index (χ2v) is 5.50. The topological polar surface area (TPSA) is 20.2 Å². The van der Waals surface area contributed by atoms with Crippen LogP contribution in [0.4, 0.5) is 0 Å². The van der Waals surface area contributed by atoms with Gasteiger partial charge in [-0.1, -0.05) is 30.7 Å². The van der Waals surface area contributed by atoms with Gasteiger partial charge in [-0.2, -0.15) is 0 Å². The van der Waals surface area contributed by atoms with Crippen molar-refractivity contribution in [3.05, 3.63) is 35.4 Å². The summed E-state index contributed by atoms with van der Waals surface area (Å²) in [6.07, 6.45) is 6.61. The highest BCUT2D eigenvalue weighted by Crippen LogP contribution is 2.52. The molecular weight excluding hydrogens is 196 g/mol. The Labute approximate surface area is 97.5 Å². The molecule has 0 spiro atoms. The second-order valence-electron chi connectivity index (χ2n) is 5.50. The average molecular weight is 216 g/mol. The van der Waals surface area contributed by atoms with E-state index in [2.05, 4.69) is 24.3 Å². The van der Waals surface area contributed by atoms with Gasteiger partial charge in [-0.25, -0.2) is 0 Å². The first-order valence-electron chi connectivity index (χ1n) is 6.56. The quantitative estimate of drug-likeness (QED) is 0.823. The molecule has 3 rings (SSSR count). The van der Waals surface area contributed by atoms with Crippen LogP contribution in [0.25, 0.3) is 0 Å². The Kier molecular flexibility index (Phi) is 2.72. The zero-order valence-corrected chi connectivity index (χ0v) is 9.73. The van der Waals surface area contributed by atoms with E-state index in [1.165, 1.54) is 36.8 Å². The van der Waals surface area contributed by atoms with Crippen LogP contribution in [0, 0.1) is 11.8 Å². The van der Waals surface area contributed by atoms with Crippen molar-refractivity contribution in [3.8, 4) is 0 Å². The summed E-state index contributed by atoms with van der Waals surface area (Å²) < 4.78 is 0. The van der Waals surface area contributed by atoms with Crippen molar-refractivity contribution in [1.29, 1.82) is 0 Å². The molecule has 1 heteroatoms. The molecule has 0 heterocycles. The summed E-state index contributed by atoms with van der Waals surface area (Å²) in [4.78, 5) is 0. The molecule has 2 aliphatic rings. The van der Waals surface area contributed by atoms with Crippen LogP contribution < -0.4 is 0 Å². The molecule has 1 aromatic carbocycles. The molecule has 16 heavy (non-hydrogen) atoms. The fraction of sp³-hybridized carbons (Fsp3) is 0.600. The van der Waals surface area contributed by atoms with Gasteiger partial charge in [0.05, 0.1) is 0 Å². The molecule has 2 bridgehead atoms. The van der Waals surface area contributed by atoms with Crippen molar-refractivity contribution < 1.29 is 5.11 Å². The lowest BCUT2D eigenvalue weighted by Gasteiger charge is -2.22. The molecule has 0 aromatic heterocycles. The largest absolute Gasteiger partial charge is 0.396 e. The summed E-state index contributed by atoms with van der Waals surface area (Å²) in [7, 11) is 0. The van der Waals surface area contributed by atoms with Crippen molar-refractivity contribution in [2.45, 2.75) is 38.0 Å². The molecule has 1 nitrogen and oxygen atoms in total. The summed E-state index contributed by atoms with van der Waals surface area (Å²) in [5.41, 5.74) is 2.79. The van der Waals surface area contributed by atoms with Crippen LogP contribution >= 0.6 is 0 Å². The van der Waals surface area contributed by atoms with Crippen molar-refractivity contribution >= 4 is 0 Å². The highest BCUT2D eigenvalue weighted by Gasteiger charge is 2.39. The molecule has 1 N–H and O–H groups in total. The van der Waals surface area contributed by atoms with E-state index in [4.69, 9.17) is 5.11 Å². The number of fused-ring (bicyclic) bond motifs is 2. The lowest BCUT2D eigenvalue weighted by molar-refractivity contribution is 0.299. The van der Waals surface area contributed by atoms with Crippen molar-refractivity contribution in [1.82, 2.24) is 0 Å². The van der Waals surface area contributed by atoms with E-state index in [0.29, 0.717) is 0 Å². The molecule has 2 fully saturated rings. The maximum Gasteiger partial charge on any atom is 0.0471 e. The third kappa shape index (κ3) is 1.78. The lowest BCUT2D eigenvalue weighted by Crippen LogP contribution is -2.08. The standard InChI is InChI=1S/C15H20O/c16-8-7-11-1-4-13(5-2-11)15-10-12-3-6-14(15)9-12/h1-2,4-5,12,14-16H,3,6-10H2. The van der Waals surface area contributed by atoms with Crippen LogP contribution in [0.2, 0.25) is 0 Å². The summed E-state index contributed by atoms with van der Waals surface area (Å²) in [6.45, 7) is 0.257. The SMILES string of the molecule is OCCc1ccc(C2CC3CCC2C3)cc1. The van der Waals surface area contributed by atoms with Gasteiger partial charge in [-0.3, -0.25) is 0 Å². The van der Waals surface area contributed by atoms with Crippen LogP contribution in [0.5, 0.6) is 0 Å². The Morgan fingerprint density at radius 1 is 1.06 bits per heavy atom. The molecule has 3 unspecified atom stereocenters. The van der Waals surface area contributed by atoms with E-state index >= 15 is 0 Å². The maximum absolute atomic E-state index is 8.89. The van der Waals surface area contributed by atoms with Crippen molar-refractivity contribution in [2.75, 3.05) is 6.61 Å². The van der Waals surface area contributed by atoms with Crippen LogP contribution in [-0.2, 0) is 6.42 Å². The van der Waals surface area contributed by atoms with E-state index in [1.807, 2.05) is 0 Å². The number of benzene rings is 1. The normalized spacial score (nSPS) is 32.2. The smallest absolute Gasteiger partial charge is 0.0471 e. The maximum atomic E-state index is 8.89. The molecule has 0 aliphatic heterocycles. The van der Waals surface area contributed by atoms with E-state index in [1.54, 1.807) is 0 Å². The first-order chi connectivity index (χ1) is 7.86. The molecule has 86 valence electrons. The predicted octanol–water partition coefficient (Wildman–Crippen LogP) is 3.13. The van der Waals surface area contributed by atoms with Gasteiger partial charge in [0.2, 0.25) is 0 Å². The molecule has 2 aliphatic carbocycles. The van der Waals surface area contributed by atoms with Crippen LogP contribution in [0.3, 0.4) is 0 Å². The second kappa shape index (κ2) is 4.21. The van der Waals surface area contributed by atoms with Gasteiger partial charge in [0.15, 0.2) is 0 Å². The van der Waals surface area contributed by atoms with Gasteiger partial charge in [-0.15, -0.1) is 0 Å². The van der Waals surface area contributed by atoms with Gasteiger partial charge in [-0.05, 0) is 54.6 Å². The summed E-state index contributed by atoms with van der Waals surface area (Å²) >= 11 is 0. The average Bonchev–Trinajstić information content (AvgIpc) is 2.92. The van der Waals surface area contributed by atoms with Crippen molar-refractivity contribution in [3.63, 3.8) is 0 Å². The number of rotatable bonds is 3. The Morgan fingerprint density at radius 3 is 2.44 bits per heavy atom. The highest BCUT2D eigenvalue weighted by atomic mass is 16.2. The zero-order valence-electron chi connectivity index (χ0n) is 9.73. The molecule has 0 amide bonds. The first-order valence-corrected chi connectivity index (χ1v) is 6.56. The fourth-order valence-corrected chi connectivity index (χ4v) is 3.71. The van der Waals surface area contributed by atoms with Crippen LogP contribution in [0.15, 0.2) is 24.3 Å². The van der Waals surface area contributed by atoms with E-state index in [9.17, 15) is 0 Å². The number of aliphatic hydroxyl groups is 1. The van der Waals surface area contributed by atoms with E-state index in [-0.39, 0.29) is 6.61 Å². The zero-order chi connectivity index (χ0) is 11.0. The summed E-state index contributed by atoms with van der Waals surface area (Å²) in [5.74, 6) is 2.82. The molecule has 3 atom stereocenters. The third-order valence-corrected chi connectivity index (χ3v) is 4.55. The first kappa shape index (κ1) is 10.3. The number of aliphatic hydroxyl groups excluding tert-OH is 1. The van der Waals surface area contributed by atoms with Gasteiger partial charge in [0.25, 0.3) is 0 Å². The molecule has 0 radical (unpaired) electrons. The van der Waals surface area contributed by atoms with E-state index in [0.717, 1.165) is 24.2 Å². The Bertz CT molecular complexity index is 354. The highest BCUT2D eigenvalue weighted by molar-refractivity contribution is 5.27. The molecule has 1 aromatic rings. The minimum atomic E-state index is 0.257. The lowest BCUT2D eigenvalue weighted by atomic mass is 9.83. The molecule has 0 saturated heterocycles. The number of hydrogen-bond acceptors (Lipinski definition) is 1. The Hall–Kier alpha value is -0.820. The minimum absolute atomic E-state index is 0.257. The van der Waals surface area contributed by atoms with Gasteiger partial charge in [0.1, 0.15) is 0 Å². The molecule has 2 saturated carbocycles. The van der Waals surface area contributed by atoms with Gasteiger partial charge < -0.3 is 5.11 Å². The Balaban J connectivity index is 1.75. The van der Waals surface area contributed by atoms with Gasteiger partial charge in [0, 0.05) is 6.61 Å². The molecular formula is C15H20O. The minimum Gasteiger partial charge on any atom is -0.396 e. The summed E-state index contributed by atoms with van der Waals surface area (Å²) in [5, 5.41) is 8.89. The fourth-order valence-electron chi connectivity index (χ4n) is 3.71. The predicted molar refractivity (Wildman–Crippen MR) is 65.4 cm³/mol. The Morgan fingerprint density at radius 2 is 1.88 bits per heavy atom. The van der Waals surface area contributed by atoms with Gasteiger partial charge >= 0.3 is 0 Å². The third-order valence-electron chi connectivity index (χ3n) is 4.55. The van der Waals surface area contributed by atoms with Crippen molar-refractivity contribution in [2.24, 2.45) is 11.8 Å². The van der Waals surface area contributed by atoms with Crippen LogP contribution in [-0.4, -0.2) is 11.7 Å². The van der Waals surface area contributed by atoms with Crippen LogP contribution in [0.1, 0.15) is 42.7 Å².